The van der Waals surface area contributed by atoms with Gasteiger partial charge in [0.15, 0.2) is 5.96 Å². The van der Waals surface area contributed by atoms with Gasteiger partial charge < -0.3 is 15.0 Å². The molecule has 6 heteroatoms. The number of hydrogen-bond donors (Lipinski definition) is 1. The molecule has 1 aromatic carbocycles. The number of halogens is 1. The molecule has 0 bridgehead atoms. The van der Waals surface area contributed by atoms with E-state index in [0.29, 0.717) is 5.92 Å². The smallest absolute Gasteiger partial charge is 0.193 e. The number of ether oxygens (including phenoxy) is 1. The van der Waals surface area contributed by atoms with Gasteiger partial charge in [0.25, 0.3) is 0 Å². The Morgan fingerprint density at radius 3 is 2.66 bits per heavy atom. The minimum atomic E-state index is 0. The van der Waals surface area contributed by atoms with E-state index in [4.69, 9.17) is 9.73 Å². The predicted octanol–water partition coefficient (Wildman–Crippen LogP) is 3.97. The molecule has 0 aliphatic carbocycles. The van der Waals surface area contributed by atoms with E-state index in [1.807, 2.05) is 0 Å². The maximum absolute atomic E-state index is 5.51. The Kier molecular flexibility index (Phi) is 10.7. The highest BCUT2D eigenvalue weighted by molar-refractivity contribution is 14.0. The Bertz CT molecular complexity index is 616. The monoisotopic (exact) mass is 514 g/mol. The first kappa shape index (κ1) is 24.4. The topological polar surface area (TPSA) is 40.1 Å². The summed E-state index contributed by atoms with van der Waals surface area (Å²) in [6.45, 7) is 12.4. The van der Waals surface area contributed by atoms with Crippen LogP contribution in [0.4, 0.5) is 0 Å². The maximum atomic E-state index is 5.51. The van der Waals surface area contributed by atoms with Crippen LogP contribution < -0.4 is 5.32 Å². The molecule has 2 aliphatic heterocycles. The van der Waals surface area contributed by atoms with Gasteiger partial charge in [0.05, 0.1) is 13.2 Å². The van der Waals surface area contributed by atoms with Crippen LogP contribution in [0, 0.1) is 11.8 Å². The second kappa shape index (κ2) is 12.7. The Morgan fingerprint density at radius 2 is 2.00 bits per heavy atom. The van der Waals surface area contributed by atoms with Crippen LogP contribution in [0.1, 0.15) is 44.2 Å². The van der Waals surface area contributed by atoms with E-state index in [-0.39, 0.29) is 24.0 Å². The minimum absolute atomic E-state index is 0. The average Bonchev–Trinajstić information content (AvgIpc) is 3.19. The van der Waals surface area contributed by atoms with Crippen molar-refractivity contribution in [2.24, 2.45) is 16.8 Å². The van der Waals surface area contributed by atoms with Crippen molar-refractivity contribution in [3.8, 4) is 0 Å². The zero-order valence-corrected chi connectivity index (χ0v) is 20.7. The van der Waals surface area contributed by atoms with Gasteiger partial charge in [-0.3, -0.25) is 4.90 Å². The van der Waals surface area contributed by atoms with Crippen molar-refractivity contribution in [1.29, 1.82) is 0 Å². The number of hydrogen-bond acceptors (Lipinski definition) is 3. The molecule has 2 saturated heterocycles. The summed E-state index contributed by atoms with van der Waals surface area (Å²) in [6.07, 6.45) is 3.87. The maximum Gasteiger partial charge on any atom is 0.193 e. The highest BCUT2D eigenvalue weighted by Crippen LogP contribution is 2.18. The summed E-state index contributed by atoms with van der Waals surface area (Å²) >= 11 is 0. The number of rotatable bonds is 7. The molecule has 2 fully saturated rings. The van der Waals surface area contributed by atoms with Gasteiger partial charge in [0, 0.05) is 45.8 Å². The molecule has 29 heavy (non-hydrogen) atoms. The Morgan fingerprint density at radius 1 is 1.24 bits per heavy atom. The normalized spacial score (nSPS) is 22.9. The first-order valence-corrected chi connectivity index (χ1v) is 11.0. The molecule has 2 atom stereocenters. The molecule has 0 spiro atoms. The van der Waals surface area contributed by atoms with Crippen molar-refractivity contribution in [3.63, 3.8) is 0 Å². The summed E-state index contributed by atoms with van der Waals surface area (Å²) in [7, 11) is 2.13. The van der Waals surface area contributed by atoms with E-state index >= 15 is 0 Å². The molecule has 5 nitrogen and oxygen atoms in total. The lowest BCUT2D eigenvalue weighted by Gasteiger charge is -2.30. The van der Waals surface area contributed by atoms with Crippen molar-refractivity contribution >= 4 is 29.9 Å². The summed E-state index contributed by atoms with van der Waals surface area (Å²) in [6, 6.07) is 9.02. The molecule has 0 saturated carbocycles. The third-order valence-electron chi connectivity index (χ3n) is 5.83. The number of benzene rings is 1. The second-order valence-electron chi connectivity index (χ2n) is 8.58. The summed E-state index contributed by atoms with van der Waals surface area (Å²) in [4.78, 5) is 9.70. The van der Waals surface area contributed by atoms with Crippen molar-refractivity contribution < 1.29 is 4.74 Å². The first-order valence-electron chi connectivity index (χ1n) is 11.0. The molecule has 2 unspecified atom stereocenters. The highest BCUT2D eigenvalue weighted by Gasteiger charge is 2.19. The van der Waals surface area contributed by atoms with Crippen LogP contribution in [0.5, 0.6) is 0 Å². The standard InChI is InChI=1S/C23H38N4O.HI/c1-4-24-23(26(3)16-22-11-13-28-18-22)25-14-20-7-9-21(10-8-20)17-27-12-5-6-19(2)15-27;/h7-10,19,22H,4-6,11-18H2,1-3H3,(H,24,25);1H. The Balaban J connectivity index is 0.00000300. The van der Waals surface area contributed by atoms with Crippen LogP contribution in [-0.4, -0.2) is 62.2 Å². The van der Waals surface area contributed by atoms with Gasteiger partial charge in [-0.05, 0) is 49.8 Å². The molecular weight excluding hydrogens is 475 g/mol. The molecule has 2 heterocycles. The lowest BCUT2D eigenvalue weighted by molar-refractivity contribution is 0.176. The van der Waals surface area contributed by atoms with Gasteiger partial charge in [-0.25, -0.2) is 4.99 Å². The van der Waals surface area contributed by atoms with E-state index in [1.165, 1.54) is 37.1 Å². The van der Waals surface area contributed by atoms with Gasteiger partial charge in [-0.2, -0.15) is 0 Å². The predicted molar refractivity (Wildman–Crippen MR) is 132 cm³/mol. The molecule has 164 valence electrons. The van der Waals surface area contributed by atoms with Gasteiger partial charge in [-0.15, -0.1) is 24.0 Å². The summed E-state index contributed by atoms with van der Waals surface area (Å²) in [5, 5.41) is 3.42. The quantitative estimate of drug-likeness (QED) is 0.340. The molecule has 3 rings (SSSR count). The third kappa shape index (κ3) is 8.06. The lowest BCUT2D eigenvalue weighted by Crippen LogP contribution is -2.41. The van der Waals surface area contributed by atoms with Crippen molar-refractivity contribution in [2.45, 2.75) is 46.2 Å². The van der Waals surface area contributed by atoms with E-state index in [0.717, 1.165) is 57.7 Å². The number of likely N-dealkylation sites (tertiary alicyclic amines) is 1. The summed E-state index contributed by atoms with van der Waals surface area (Å²) in [5.74, 6) is 2.44. The van der Waals surface area contributed by atoms with Crippen LogP contribution in [0.3, 0.4) is 0 Å². The van der Waals surface area contributed by atoms with E-state index in [9.17, 15) is 0 Å². The van der Waals surface area contributed by atoms with Crippen LogP contribution in [0.2, 0.25) is 0 Å². The summed E-state index contributed by atoms with van der Waals surface area (Å²) in [5.41, 5.74) is 2.68. The first-order chi connectivity index (χ1) is 13.6. The zero-order valence-electron chi connectivity index (χ0n) is 18.4. The fourth-order valence-electron chi connectivity index (χ4n) is 4.28. The Hall–Kier alpha value is -0.860. The lowest BCUT2D eigenvalue weighted by atomic mass is 9.99. The van der Waals surface area contributed by atoms with Gasteiger partial charge in [0.1, 0.15) is 0 Å². The molecule has 0 radical (unpaired) electrons. The van der Waals surface area contributed by atoms with Gasteiger partial charge in [0.2, 0.25) is 0 Å². The van der Waals surface area contributed by atoms with E-state index < -0.39 is 0 Å². The SMILES string of the molecule is CCNC(=NCc1ccc(CN2CCCC(C)C2)cc1)N(C)CC1CCOC1.I. The highest BCUT2D eigenvalue weighted by atomic mass is 127. The summed E-state index contributed by atoms with van der Waals surface area (Å²) < 4.78 is 5.51. The number of guanidine groups is 1. The number of aliphatic imine (C=N–C) groups is 1. The fraction of sp³-hybridized carbons (Fsp3) is 0.696. The molecule has 0 aromatic heterocycles. The van der Waals surface area contributed by atoms with Crippen LogP contribution >= 0.6 is 24.0 Å². The van der Waals surface area contributed by atoms with Crippen molar-refractivity contribution in [1.82, 2.24) is 15.1 Å². The minimum Gasteiger partial charge on any atom is -0.381 e. The van der Waals surface area contributed by atoms with Crippen LogP contribution in [0.25, 0.3) is 0 Å². The molecule has 1 N–H and O–H groups in total. The van der Waals surface area contributed by atoms with Gasteiger partial charge >= 0.3 is 0 Å². The number of piperidine rings is 1. The van der Waals surface area contributed by atoms with E-state index in [1.54, 1.807) is 0 Å². The molecule has 1 aromatic rings. The van der Waals surface area contributed by atoms with Crippen LogP contribution in [-0.2, 0) is 17.8 Å². The Labute approximate surface area is 194 Å². The van der Waals surface area contributed by atoms with Gasteiger partial charge in [-0.1, -0.05) is 31.2 Å². The molecule has 0 amide bonds. The third-order valence-corrected chi connectivity index (χ3v) is 5.83. The number of nitrogens with zero attached hydrogens (tertiary/aromatic N) is 3. The largest absolute Gasteiger partial charge is 0.381 e. The second-order valence-corrected chi connectivity index (χ2v) is 8.58. The molecular formula is C23H39IN4O. The fourth-order valence-corrected chi connectivity index (χ4v) is 4.28. The van der Waals surface area contributed by atoms with E-state index in [2.05, 4.69) is 60.3 Å². The van der Waals surface area contributed by atoms with Crippen LogP contribution in [0.15, 0.2) is 29.3 Å². The number of nitrogens with one attached hydrogen (secondary N) is 1. The molecule has 2 aliphatic rings. The van der Waals surface area contributed by atoms with Crippen molar-refractivity contribution in [3.05, 3.63) is 35.4 Å². The zero-order chi connectivity index (χ0) is 19.8. The average molecular weight is 514 g/mol. The van der Waals surface area contributed by atoms with Crippen molar-refractivity contribution in [2.75, 3.05) is 46.4 Å².